The topological polar surface area (TPSA) is 124 Å². The number of anilines is 2. The maximum absolute atomic E-state index is 14.8. The molecule has 0 unspecified atom stereocenters. The summed E-state index contributed by atoms with van der Waals surface area (Å²) < 4.78 is 44.3. The van der Waals surface area contributed by atoms with Gasteiger partial charge in [0.05, 0.1) is 37.6 Å². The van der Waals surface area contributed by atoms with E-state index in [0.29, 0.717) is 0 Å². The van der Waals surface area contributed by atoms with E-state index >= 15 is 0 Å². The van der Waals surface area contributed by atoms with Crippen LogP contribution in [0.15, 0.2) is 18.2 Å². The number of hydroxylamine groups is 3. The number of benzene rings is 1. The van der Waals surface area contributed by atoms with Crippen molar-refractivity contribution >= 4 is 29.4 Å². The van der Waals surface area contributed by atoms with Crippen LogP contribution in [-0.2, 0) is 14.4 Å². The van der Waals surface area contributed by atoms with Gasteiger partial charge in [0.1, 0.15) is 11.9 Å². The van der Waals surface area contributed by atoms with Crippen molar-refractivity contribution in [1.29, 1.82) is 0 Å². The van der Waals surface area contributed by atoms with Crippen molar-refractivity contribution in [1.82, 2.24) is 15.9 Å². The molecule has 31 heavy (non-hydrogen) atoms. The van der Waals surface area contributed by atoms with Crippen molar-refractivity contribution in [2.45, 2.75) is 12.5 Å². The molecular formula is C17H20F3N5O6. The molecule has 2 saturated heterocycles. The van der Waals surface area contributed by atoms with Crippen molar-refractivity contribution in [2.24, 2.45) is 0 Å². The molecule has 2 heterocycles. The predicted octanol–water partition coefficient (Wildman–Crippen LogP) is 0.685. The zero-order valence-electron chi connectivity index (χ0n) is 16.1. The molecule has 2 fully saturated rings. The molecule has 0 radical (unpaired) electrons. The zero-order chi connectivity index (χ0) is 22.5. The van der Waals surface area contributed by atoms with Crippen molar-refractivity contribution in [3.63, 3.8) is 0 Å². The number of ether oxygens (including phenoxy) is 1. The fraction of sp³-hybridized carbons (Fsp3) is 0.471. The minimum absolute atomic E-state index is 0.0517. The van der Waals surface area contributed by atoms with Crippen LogP contribution in [0.3, 0.4) is 0 Å². The summed E-state index contributed by atoms with van der Waals surface area (Å²) in [6.45, 7) is 0.281. The Hall–Kier alpha value is -3.26. The highest BCUT2D eigenvalue weighted by molar-refractivity contribution is 5.90. The number of cyclic esters (lactones) is 1. The first-order valence-corrected chi connectivity index (χ1v) is 9.23. The molecule has 3 rings (SSSR count). The number of nitrogens with one attached hydrogen (secondary N) is 2. The fourth-order valence-corrected chi connectivity index (χ4v) is 3.16. The molecule has 0 aliphatic carbocycles. The van der Waals surface area contributed by atoms with Gasteiger partial charge in [-0.25, -0.2) is 19.5 Å². The minimum atomic E-state index is -3.18. The van der Waals surface area contributed by atoms with E-state index in [2.05, 4.69) is 0 Å². The Morgan fingerprint density at radius 1 is 1.26 bits per heavy atom. The van der Waals surface area contributed by atoms with Gasteiger partial charge in [0.2, 0.25) is 0 Å². The van der Waals surface area contributed by atoms with Gasteiger partial charge in [-0.3, -0.25) is 19.7 Å². The summed E-state index contributed by atoms with van der Waals surface area (Å²) in [5.41, 5.74) is 1.87. The Morgan fingerprint density at radius 2 is 2.03 bits per heavy atom. The average Bonchev–Trinajstić information content (AvgIpc) is 2.95. The van der Waals surface area contributed by atoms with Crippen molar-refractivity contribution in [2.75, 3.05) is 49.1 Å². The molecule has 1 atom stereocenters. The lowest BCUT2D eigenvalue weighted by atomic mass is 10.2. The molecule has 14 heteroatoms. The van der Waals surface area contributed by atoms with Gasteiger partial charge in [-0.1, -0.05) is 0 Å². The van der Waals surface area contributed by atoms with E-state index in [1.807, 2.05) is 5.32 Å². The van der Waals surface area contributed by atoms with Crippen LogP contribution < -0.4 is 20.6 Å². The maximum Gasteiger partial charge on any atom is 0.414 e. The number of carbonyl (C=O) groups is 3. The summed E-state index contributed by atoms with van der Waals surface area (Å²) >= 11 is 0. The summed E-state index contributed by atoms with van der Waals surface area (Å²) in [6, 6.07) is 3.22. The number of hydrogen-bond acceptors (Lipinski definition) is 7. The van der Waals surface area contributed by atoms with Gasteiger partial charge in [-0.05, 0) is 18.2 Å². The maximum atomic E-state index is 14.8. The van der Waals surface area contributed by atoms with Crippen LogP contribution in [0.4, 0.5) is 34.1 Å². The molecule has 0 bridgehead atoms. The van der Waals surface area contributed by atoms with Gasteiger partial charge in [-0.15, -0.1) is 0 Å². The van der Waals surface area contributed by atoms with Crippen LogP contribution in [-0.4, -0.2) is 80.2 Å². The number of alkyl halides is 2. The third kappa shape index (κ3) is 5.27. The molecule has 2 aliphatic rings. The Morgan fingerprint density at radius 3 is 2.71 bits per heavy atom. The molecule has 170 valence electrons. The molecule has 0 spiro atoms. The highest BCUT2D eigenvalue weighted by Gasteiger charge is 2.33. The van der Waals surface area contributed by atoms with Crippen LogP contribution in [0.2, 0.25) is 0 Å². The number of nitrogens with zero attached hydrogens (tertiary/aromatic N) is 3. The van der Waals surface area contributed by atoms with Crippen molar-refractivity contribution in [3.8, 4) is 0 Å². The second kappa shape index (κ2) is 9.70. The highest BCUT2D eigenvalue weighted by atomic mass is 19.3. The average molecular weight is 447 g/mol. The lowest BCUT2D eigenvalue weighted by Crippen LogP contribution is -2.40. The SMILES string of the molecule is O=C(NC[C@H]1CN(c2ccc(N3CCON(C(=O)NO)CC3)c(F)c2)C(=O)O1)C(F)F. The van der Waals surface area contributed by atoms with Crippen LogP contribution in [0.25, 0.3) is 0 Å². The first kappa shape index (κ1) is 22.4. The van der Waals surface area contributed by atoms with E-state index in [1.165, 1.54) is 17.6 Å². The van der Waals surface area contributed by atoms with E-state index in [-0.39, 0.29) is 50.7 Å². The van der Waals surface area contributed by atoms with E-state index in [0.717, 1.165) is 16.0 Å². The molecule has 0 aromatic heterocycles. The smallest absolute Gasteiger partial charge is 0.414 e. The normalized spacial score (nSPS) is 19.3. The summed E-state index contributed by atoms with van der Waals surface area (Å²) in [5, 5.41) is 11.6. The van der Waals surface area contributed by atoms with E-state index in [4.69, 9.17) is 14.8 Å². The predicted molar refractivity (Wildman–Crippen MR) is 98.2 cm³/mol. The zero-order valence-corrected chi connectivity index (χ0v) is 16.1. The Kier molecular flexibility index (Phi) is 7.02. The van der Waals surface area contributed by atoms with Gasteiger partial charge in [0, 0.05) is 13.1 Å². The molecule has 4 amide bonds. The molecule has 1 aromatic carbocycles. The first-order chi connectivity index (χ1) is 14.8. The summed E-state index contributed by atoms with van der Waals surface area (Å²) in [7, 11) is 0. The third-order valence-corrected chi connectivity index (χ3v) is 4.66. The monoisotopic (exact) mass is 447 g/mol. The van der Waals surface area contributed by atoms with Crippen molar-refractivity contribution < 1.29 is 42.3 Å². The summed E-state index contributed by atoms with van der Waals surface area (Å²) in [6.07, 6.45) is -4.83. The van der Waals surface area contributed by atoms with Gasteiger partial charge in [-0.2, -0.15) is 13.8 Å². The Balaban J connectivity index is 1.63. The van der Waals surface area contributed by atoms with E-state index < -0.39 is 36.4 Å². The summed E-state index contributed by atoms with van der Waals surface area (Å²) in [4.78, 5) is 42.4. The minimum Gasteiger partial charge on any atom is -0.442 e. The molecule has 1 aromatic rings. The Labute approximate surface area is 174 Å². The number of hydrogen-bond donors (Lipinski definition) is 3. The van der Waals surface area contributed by atoms with Gasteiger partial charge in [0.15, 0.2) is 0 Å². The highest BCUT2D eigenvalue weighted by Crippen LogP contribution is 2.28. The number of rotatable bonds is 5. The van der Waals surface area contributed by atoms with Crippen LogP contribution >= 0.6 is 0 Å². The van der Waals surface area contributed by atoms with E-state index in [9.17, 15) is 27.6 Å². The largest absolute Gasteiger partial charge is 0.442 e. The lowest BCUT2D eigenvalue weighted by Gasteiger charge is -2.23. The molecule has 0 saturated carbocycles. The Bertz CT molecular complexity index is 844. The molecule has 2 aliphatic heterocycles. The second-order valence-corrected chi connectivity index (χ2v) is 6.64. The number of halogens is 3. The molecule has 11 nitrogen and oxygen atoms in total. The number of urea groups is 1. The first-order valence-electron chi connectivity index (χ1n) is 9.23. The lowest BCUT2D eigenvalue weighted by molar-refractivity contribution is -0.132. The quantitative estimate of drug-likeness (QED) is 0.448. The fourth-order valence-electron chi connectivity index (χ4n) is 3.16. The standard InChI is InChI=1S/C17H20F3N5O6/c18-12-7-10(24-9-11(31-17(24)28)8-21-15(26)14(19)20)1-2-13(12)23-3-4-25(16(27)22-29)30-6-5-23/h1-2,7,11,14,29H,3-6,8-9H2,(H,21,26)(H,22,27)/t11-/m0/s1. The molecule has 3 N–H and O–H groups in total. The number of amides is 4. The third-order valence-electron chi connectivity index (χ3n) is 4.66. The molecular weight excluding hydrogens is 427 g/mol. The van der Waals surface area contributed by atoms with Crippen LogP contribution in [0.5, 0.6) is 0 Å². The second-order valence-electron chi connectivity index (χ2n) is 6.64. The van der Waals surface area contributed by atoms with Crippen molar-refractivity contribution in [3.05, 3.63) is 24.0 Å². The summed E-state index contributed by atoms with van der Waals surface area (Å²) in [5.74, 6) is -2.11. The van der Waals surface area contributed by atoms with Gasteiger partial charge < -0.3 is 15.0 Å². The van der Waals surface area contributed by atoms with Crippen LogP contribution in [0.1, 0.15) is 0 Å². The number of carbonyl (C=O) groups excluding carboxylic acids is 3. The van der Waals surface area contributed by atoms with Crippen LogP contribution in [0, 0.1) is 5.82 Å². The van der Waals surface area contributed by atoms with Gasteiger partial charge in [0.25, 0.3) is 5.91 Å². The van der Waals surface area contributed by atoms with E-state index in [1.54, 1.807) is 4.90 Å². The van der Waals surface area contributed by atoms with Gasteiger partial charge >= 0.3 is 18.5 Å².